The summed E-state index contributed by atoms with van der Waals surface area (Å²) < 4.78 is 44.8. The van der Waals surface area contributed by atoms with Crippen LogP contribution in [0.1, 0.15) is 12.5 Å². The largest absolute Gasteiger partial charge is 0.466 e. The molecule has 0 bridgehead atoms. The Balaban J connectivity index is 2.00. The van der Waals surface area contributed by atoms with Crippen molar-refractivity contribution in [2.75, 3.05) is 12.4 Å². The number of rotatable bonds is 4. The smallest absolute Gasteiger partial charge is 0.416 e. The number of nitrogens with one attached hydrogen (secondary N) is 1. The topological polar surface area (TPSA) is 69.0 Å². The first-order valence-corrected chi connectivity index (χ1v) is 7.84. The number of carbonyl (C=O) groups excluding carboxylic acids is 1. The molecule has 0 atom stereocenters. The Morgan fingerprint density at radius 1 is 1.07 bits per heavy atom. The van der Waals surface area contributed by atoms with Crippen LogP contribution in [0, 0.1) is 0 Å². The van der Waals surface area contributed by atoms with Crippen LogP contribution in [0.25, 0.3) is 17.1 Å². The number of benzene rings is 2. The van der Waals surface area contributed by atoms with E-state index in [2.05, 4.69) is 15.4 Å². The number of carbonyl (C=O) groups is 1. The monoisotopic (exact) mass is 376 g/mol. The minimum absolute atomic E-state index is 0.0795. The predicted molar refractivity (Wildman–Crippen MR) is 92.7 cm³/mol. The molecule has 0 unspecified atom stereocenters. The molecule has 140 valence electrons. The van der Waals surface area contributed by atoms with Crippen molar-refractivity contribution in [2.45, 2.75) is 13.1 Å². The average Bonchev–Trinajstić information content (AvgIpc) is 3.06. The molecule has 9 heteroatoms. The van der Waals surface area contributed by atoms with Crippen LogP contribution in [0.15, 0.2) is 48.5 Å². The number of aromatic nitrogens is 3. The fourth-order valence-corrected chi connectivity index (χ4v) is 2.44. The Morgan fingerprint density at radius 3 is 2.22 bits per heavy atom. The normalized spacial score (nSPS) is 11.3. The Labute approximate surface area is 152 Å². The third-order valence-corrected chi connectivity index (χ3v) is 3.67. The van der Waals surface area contributed by atoms with Gasteiger partial charge in [-0.05, 0) is 36.4 Å². The van der Waals surface area contributed by atoms with Crippen LogP contribution in [0.5, 0.6) is 6.01 Å². The van der Waals surface area contributed by atoms with Gasteiger partial charge in [-0.3, -0.25) is 4.79 Å². The highest BCUT2D eigenvalue weighted by molar-refractivity contribution is 5.88. The van der Waals surface area contributed by atoms with E-state index in [-0.39, 0.29) is 11.9 Å². The Hall–Kier alpha value is -3.36. The number of hydrogen-bond acceptors (Lipinski definition) is 4. The quantitative estimate of drug-likeness (QED) is 0.749. The number of ether oxygens (including phenoxy) is 1. The first-order chi connectivity index (χ1) is 12.8. The van der Waals surface area contributed by atoms with Crippen molar-refractivity contribution in [2.24, 2.45) is 0 Å². The summed E-state index contributed by atoms with van der Waals surface area (Å²) in [7, 11) is 1.40. The minimum atomic E-state index is -4.41. The van der Waals surface area contributed by atoms with Gasteiger partial charge in [0.25, 0.3) is 0 Å². The molecule has 3 rings (SSSR count). The Morgan fingerprint density at radius 2 is 1.70 bits per heavy atom. The van der Waals surface area contributed by atoms with E-state index >= 15 is 0 Å². The van der Waals surface area contributed by atoms with Gasteiger partial charge in [-0.25, -0.2) is 4.68 Å². The molecule has 1 amide bonds. The lowest BCUT2D eigenvalue weighted by atomic mass is 10.1. The molecule has 6 nitrogen and oxygen atoms in total. The van der Waals surface area contributed by atoms with Crippen molar-refractivity contribution in [3.8, 4) is 23.1 Å². The molecule has 0 aliphatic rings. The Kier molecular flexibility index (Phi) is 4.85. The number of nitrogens with zero attached hydrogens (tertiary/aromatic N) is 3. The van der Waals surface area contributed by atoms with E-state index in [9.17, 15) is 18.0 Å². The maximum atomic E-state index is 12.8. The van der Waals surface area contributed by atoms with Crippen molar-refractivity contribution >= 4 is 11.6 Å². The molecule has 0 fully saturated rings. The van der Waals surface area contributed by atoms with Crippen molar-refractivity contribution < 1.29 is 22.7 Å². The van der Waals surface area contributed by atoms with E-state index in [4.69, 9.17) is 4.74 Å². The molecule has 0 aliphatic carbocycles. The number of anilines is 1. The molecule has 3 aromatic rings. The lowest BCUT2D eigenvalue weighted by Crippen LogP contribution is -2.06. The summed E-state index contributed by atoms with van der Waals surface area (Å²) in [4.78, 5) is 15.3. The molecule has 1 N–H and O–H groups in total. The molecule has 0 aliphatic heterocycles. The zero-order valence-electron chi connectivity index (χ0n) is 14.4. The van der Waals surface area contributed by atoms with Gasteiger partial charge in [-0.2, -0.15) is 18.2 Å². The molecular formula is C18H15F3N4O2. The van der Waals surface area contributed by atoms with Gasteiger partial charge in [0.05, 0.1) is 18.4 Å². The van der Waals surface area contributed by atoms with Gasteiger partial charge >= 0.3 is 12.2 Å². The van der Waals surface area contributed by atoms with Crippen LogP contribution in [-0.2, 0) is 11.0 Å². The number of amides is 1. The zero-order valence-corrected chi connectivity index (χ0v) is 14.4. The summed E-state index contributed by atoms with van der Waals surface area (Å²) in [5.74, 6) is 0.128. The van der Waals surface area contributed by atoms with E-state index in [1.807, 2.05) is 0 Å². The first kappa shape index (κ1) is 18.4. The number of methoxy groups -OCH3 is 1. The fourth-order valence-electron chi connectivity index (χ4n) is 2.44. The maximum absolute atomic E-state index is 12.8. The minimum Gasteiger partial charge on any atom is -0.466 e. The standard InChI is InChI=1S/C18H15F3N4O2/c1-11(26)22-14-7-9-15(10-8-14)25-16(23-17(24-25)27-2)12-3-5-13(6-4-12)18(19,20)21/h3-10H,1-2H3,(H,22,26). The van der Waals surface area contributed by atoms with Crippen molar-refractivity contribution in [1.29, 1.82) is 0 Å². The predicted octanol–water partition coefficient (Wildman–Crippen LogP) is 3.92. The van der Waals surface area contributed by atoms with Gasteiger partial charge in [-0.1, -0.05) is 12.1 Å². The summed E-state index contributed by atoms with van der Waals surface area (Å²) in [6.07, 6.45) is -4.41. The van der Waals surface area contributed by atoms with Gasteiger partial charge in [0.1, 0.15) is 0 Å². The van der Waals surface area contributed by atoms with Gasteiger partial charge in [0, 0.05) is 18.2 Å². The van der Waals surface area contributed by atoms with E-state index in [1.54, 1.807) is 24.3 Å². The molecule has 0 saturated carbocycles. The van der Waals surface area contributed by atoms with Gasteiger partial charge < -0.3 is 10.1 Å². The summed E-state index contributed by atoms with van der Waals surface area (Å²) >= 11 is 0. The van der Waals surface area contributed by atoms with Gasteiger partial charge in [-0.15, -0.1) is 5.10 Å². The first-order valence-electron chi connectivity index (χ1n) is 7.84. The highest BCUT2D eigenvalue weighted by Crippen LogP contribution is 2.31. The van der Waals surface area contributed by atoms with Crippen molar-refractivity contribution in [3.05, 3.63) is 54.1 Å². The second-order valence-corrected chi connectivity index (χ2v) is 5.64. The summed E-state index contributed by atoms with van der Waals surface area (Å²) in [6, 6.07) is 11.5. The zero-order chi connectivity index (χ0) is 19.6. The van der Waals surface area contributed by atoms with Crippen LogP contribution in [0.4, 0.5) is 18.9 Å². The van der Waals surface area contributed by atoms with E-state index in [1.165, 1.54) is 30.8 Å². The second-order valence-electron chi connectivity index (χ2n) is 5.64. The van der Waals surface area contributed by atoms with Crippen LogP contribution in [-0.4, -0.2) is 27.8 Å². The Bertz CT molecular complexity index is 948. The van der Waals surface area contributed by atoms with Crippen molar-refractivity contribution in [1.82, 2.24) is 14.8 Å². The average molecular weight is 376 g/mol. The van der Waals surface area contributed by atoms with Crippen LogP contribution >= 0.6 is 0 Å². The lowest BCUT2D eigenvalue weighted by Gasteiger charge is -2.09. The number of alkyl halides is 3. The maximum Gasteiger partial charge on any atom is 0.416 e. The molecule has 1 heterocycles. The SMILES string of the molecule is COc1nc(-c2ccc(C(F)(F)F)cc2)n(-c2ccc(NC(C)=O)cc2)n1. The van der Waals surface area contributed by atoms with E-state index in [0.717, 1.165) is 12.1 Å². The van der Waals surface area contributed by atoms with E-state index < -0.39 is 11.7 Å². The van der Waals surface area contributed by atoms with Crippen LogP contribution in [0.3, 0.4) is 0 Å². The van der Waals surface area contributed by atoms with Gasteiger partial charge in [0.15, 0.2) is 5.82 Å². The number of halogens is 3. The third kappa shape index (κ3) is 4.08. The second kappa shape index (κ2) is 7.10. The van der Waals surface area contributed by atoms with Crippen LogP contribution < -0.4 is 10.1 Å². The lowest BCUT2D eigenvalue weighted by molar-refractivity contribution is -0.137. The van der Waals surface area contributed by atoms with Gasteiger partial charge in [0.2, 0.25) is 5.91 Å². The van der Waals surface area contributed by atoms with Crippen molar-refractivity contribution in [3.63, 3.8) is 0 Å². The fraction of sp³-hybridized carbons (Fsp3) is 0.167. The summed E-state index contributed by atoms with van der Waals surface area (Å²) in [5, 5.41) is 6.86. The van der Waals surface area contributed by atoms with E-state index in [0.29, 0.717) is 22.8 Å². The summed E-state index contributed by atoms with van der Waals surface area (Å²) in [5.41, 5.74) is 0.915. The molecule has 1 aromatic heterocycles. The molecule has 0 spiro atoms. The third-order valence-electron chi connectivity index (χ3n) is 3.67. The molecule has 0 radical (unpaired) electrons. The molecular weight excluding hydrogens is 361 g/mol. The molecule has 0 saturated heterocycles. The number of hydrogen-bond donors (Lipinski definition) is 1. The molecule has 2 aromatic carbocycles. The molecule has 27 heavy (non-hydrogen) atoms. The highest BCUT2D eigenvalue weighted by Gasteiger charge is 2.30. The highest BCUT2D eigenvalue weighted by atomic mass is 19.4. The summed E-state index contributed by atoms with van der Waals surface area (Å²) in [6.45, 7) is 1.40. The van der Waals surface area contributed by atoms with Crippen LogP contribution in [0.2, 0.25) is 0 Å².